The molecule has 0 spiro atoms. The zero-order valence-electron chi connectivity index (χ0n) is 10.9. The maximum absolute atomic E-state index is 13.4. The Hall–Kier alpha value is -0.663. The summed E-state index contributed by atoms with van der Waals surface area (Å²) >= 11 is 0. The van der Waals surface area contributed by atoms with Gasteiger partial charge in [0.1, 0.15) is 0 Å². The van der Waals surface area contributed by atoms with E-state index in [2.05, 4.69) is 5.32 Å². The van der Waals surface area contributed by atoms with Gasteiger partial charge < -0.3 is 19.8 Å². The lowest BCUT2D eigenvalue weighted by atomic mass is 10.1. The van der Waals surface area contributed by atoms with E-state index in [-0.39, 0.29) is 6.03 Å². The Morgan fingerprint density at radius 1 is 1.44 bits per heavy atom. The van der Waals surface area contributed by atoms with Gasteiger partial charge in [-0.3, -0.25) is 0 Å². The molecule has 1 saturated heterocycles. The molecule has 0 saturated carbocycles. The lowest BCUT2D eigenvalue weighted by molar-refractivity contribution is 0.211. The number of carbonyl (C=O) groups is 1. The van der Waals surface area contributed by atoms with Crippen LogP contribution in [0.1, 0.15) is 39.0 Å². The van der Waals surface area contributed by atoms with E-state index in [1.54, 1.807) is 4.90 Å². The minimum absolute atomic E-state index is 0.149. The van der Waals surface area contributed by atoms with Gasteiger partial charge in [0.2, 0.25) is 0 Å². The van der Waals surface area contributed by atoms with Gasteiger partial charge in [0.05, 0.1) is 0 Å². The summed E-state index contributed by atoms with van der Waals surface area (Å²) < 4.78 is 13.4. The number of rotatable bonds is 8. The molecule has 0 aliphatic carbocycles. The first-order valence-corrected chi connectivity index (χ1v) is 8.46. The van der Waals surface area contributed by atoms with E-state index in [1.165, 1.54) is 0 Å². The van der Waals surface area contributed by atoms with Crippen LogP contribution in [0.4, 0.5) is 8.90 Å². The summed E-state index contributed by atoms with van der Waals surface area (Å²) in [7, 11) is -4.59. The van der Waals surface area contributed by atoms with Gasteiger partial charge >= 0.3 is 14.9 Å². The van der Waals surface area contributed by atoms with Crippen LogP contribution in [0, 0.1) is 0 Å². The first kappa shape index (κ1) is 15.4. The Bertz CT molecular complexity index is 274. The van der Waals surface area contributed by atoms with Crippen LogP contribution in [0.25, 0.3) is 0 Å². The highest BCUT2D eigenvalue weighted by Gasteiger charge is 2.41. The number of nitrogens with one attached hydrogen (secondary N) is 1. The van der Waals surface area contributed by atoms with Gasteiger partial charge in [-0.05, 0) is 12.8 Å². The highest BCUT2D eigenvalue weighted by molar-refractivity contribution is 6.58. The van der Waals surface area contributed by atoms with Crippen molar-refractivity contribution in [2.24, 2.45) is 0 Å². The molecule has 0 aromatic heterocycles. The van der Waals surface area contributed by atoms with E-state index in [9.17, 15) is 18.5 Å². The maximum atomic E-state index is 13.4. The molecule has 1 unspecified atom stereocenters. The fraction of sp³-hybridized carbons (Fsp3) is 0.909. The topological polar surface area (TPSA) is 72.8 Å². The van der Waals surface area contributed by atoms with Crippen LogP contribution < -0.4 is 5.32 Å². The minimum atomic E-state index is -4.59. The molecule has 1 atom stereocenters. The molecule has 5 nitrogen and oxygen atoms in total. The summed E-state index contributed by atoms with van der Waals surface area (Å²) in [5, 5.41) is 2.66. The average Bonchev–Trinajstić information content (AvgIpc) is 2.67. The van der Waals surface area contributed by atoms with Crippen molar-refractivity contribution in [3.05, 3.63) is 0 Å². The van der Waals surface area contributed by atoms with E-state index >= 15 is 0 Å². The van der Waals surface area contributed by atoms with Crippen LogP contribution in [-0.4, -0.2) is 49.1 Å². The predicted molar refractivity (Wildman–Crippen MR) is 68.8 cm³/mol. The Labute approximate surface area is 108 Å². The number of hydrogen-bond acceptors (Lipinski definition) is 3. The van der Waals surface area contributed by atoms with Crippen LogP contribution >= 0.6 is 0 Å². The van der Waals surface area contributed by atoms with E-state index < -0.39 is 14.4 Å². The van der Waals surface area contributed by atoms with Crippen molar-refractivity contribution in [1.82, 2.24) is 10.2 Å². The summed E-state index contributed by atoms with van der Waals surface area (Å²) in [5.41, 5.74) is -0.697. The van der Waals surface area contributed by atoms with Crippen molar-refractivity contribution in [2.75, 3.05) is 19.6 Å². The third-order valence-corrected chi connectivity index (χ3v) is 4.98. The summed E-state index contributed by atoms with van der Waals surface area (Å²) in [6, 6.07) is -0.149. The number of amides is 2. The van der Waals surface area contributed by atoms with Crippen LogP contribution in [0.15, 0.2) is 0 Å². The van der Waals surface area contributed by atoms with Crippen molar-refractivity contribution in [2.45, 2.75) is 44.6 Å². The van der Waals surface area contributed by atoms with Gasteiger partial charge in [-0.2, -0.15) is 0 Å². The lowest BCUT2D eigenvalue weighted by Crippen LogP contribution is -2.38. The molecular weight excluding hydrogens is 255 g/mol. The number of halogens is 1. The monoisotopic (exact) mass is 278 g/mol. The van der Waals surface area contributed by atoms with E-state index in [1.807, 2.05) is 6.92 Å². The second-order valence-corrected chi connectivity index (χ2v) is 6.93. The van der Waals surface area contributed by atoms with Gasteiger partial charge in [-0.15, -0.1) is 0 Å². The molecule has 106 valence electrons. The predicted octanol–water partition coefficient (Wildman–Crippen LogP) is 1.25. The summed E-state index contributed by atoms with van der Waals surface area (Å²) in [4.78, 5) is 31.3. The number of unbranched alkanes of at least 4 members (excludes halogenated alkanes) is 2. The Balaban J connectivity index is 2.38. The smallest absolute Gasteiger partial charge is 0.387 e. The zero-order chi connectivity index (χ0) is 13.6. The SMILES string of the molecule is CCCCCC(CCN1CCNC1=O)[Si](O)(O)F. The fourth-order valence-electron chi connectivity index (χ4n) is 2.19. The zero-order valence-corrected chi connectivity index (χ0v) is 11.9. The molecule has 0 bridgehead atoms. The quantitative estimate of drug-likeness (QED) is 0.355. The number of hydrogen-bond donors (Lipinski definition) is 3. The molecular formula is C11H23FN2O3Si. The molecule has 18 heavy (non-hydrogen) atoms. The lowest BCUT2D eigenvalue weighted by Gasteiger charge is -2.23. The molecule has 1 rings (SSSR count). The maximum Gasteiger partial charge on any atom is 0.537 e. The van der Waals surface area contributed by atoms with Crippen LogP contribution in [0.3, 0.4) is 0 Å². The summed E-state index contributed by atoms with van der Waals surface area (Å²) in [6.45, 7) is 3.65. The molecule has 0 aromatic rings. The largest absolute Gasteiger partial charge is 0.537 e. The molecule has 1 aliphatic rings. The second kappa shape index (κ2) is 7.06. The average molecular weight is 278 g/mol. The number of carbonyl (C=O) groups excluding carboxylic acids is 1. The highest BCUT2D eigenvalue weighted by atomic mass is 28.4. The first-order valence-electron chi connectivity index (χ1n) is 6.61. The summed E-state index contributed by atoms with van der Waals surface area (Å²) in [6.07, 6.45) is 3.59. The highest BCUT2D eigenvalue weighted by Crippen LogP contribution is 2.29. The van der Waals surface area contributed by atoms with Gasteiger partial charge in [-0.1, -0.05) is 26.2 Å². The van der Waals surface area contributed by atoms with E-state index in [0.717, 1.165) is 19.3 Å². The van der Waals surface area contributed by atoms with E-state index in [4.69, 9.17) is 0 Å². The molecule has 7 heteroatoms. The van der Waals surface area contributed by atoms with Crippen molar-refractivity contribution in [1.29, 1.82) is 0 Å². The van der Waals surface area contributed by atoms with Crippen LogP contribution in [0.5, 0.6) is 0 Å². The third kappa shape index (κ3) is 4.91. The third-order valence-electron chi connectivity index (χ3n) is 3.37. The summed E-state index contributed by atoms with van der Waals surface area (Å²) in [5.74, 6) is 0. The molecule has 0 radical (unpaired) electrons. The van der Waals surface area contributed by atoms with Crippen LogP contribution in [0.2, 0.25) is 5.54 Å². The van der Waals surface area contributed by atoms with Crippen LogP contribution in [-0.2, 0) is 0 Å². The van der Waals surface area contributed by atoms with Crippen molar-refractivity contribution < 1.29 is 18.5 Å². The van der Waals surface area contributed by atoms with Gasteiger partial charge in [-0.25, -0.2) is 8.90 Å². The van der Waals surface area contributed by atoms with Crippen molar-refractivity contribution >= 4 is 14.9 Å². The molecule has 1 heterocycles. The standard InChI is InChI=1S/C11H23FN2O3Si/c1-2-3-4-5-10(18(12,16)17)6-8-14-9-7-13-11(14)15/h10,16-17H,2-9H2,1H3,(H,13,15). The molecule has 0 aromatic carbocycles. The fourth-order valence-corrected chi connectivity index (χ4v) is 3.26. The molecule has 1 fully saturated rings. The second-order valence-electron chi connectivity index (χ2n) is 4.84. The Morgan fingerprint density at radius 2 is 2.17 bits per heavy atom. The first-order chi connectivity index (χ1) is 8.45. The Kier molecular flexibility index (Phi) is 6.03. The van der Waals surface area contributed by atoms with E-state index in [0.29, 0.717) is 32.5 Å². The molecule has 2 amide bonds. The van der Waals surface area contributed by atoms with Crippen molar-refractivity contribution in [3.8, 4) is 0 Å². The van der Waals surface area contributed by atoms with Gasteiger partial charge in [0.15, 0.2) is 0 Å². The normalized spacial score (nSPS) is 18.0. The molecule has 3 N–H and O–H groups in total. The number of urea groups is 1. The minimum Gasteiger partial charge on any atom is -0.387 e. The molecule has 1 aliphatic heterocycles. The Morgan fingerprint density at radius 3 is 2.67 bits per heavy atom. The van der Waals surface area contributed by atoms with Gasteiger partial charge in [0, 0.05) is 25.2 Å². The van der Waals surface area contributed by atoms with Gasteiger partial charge in [0.25, 0.3) is 0 Å². The van der Waals surface area contributed by atoms with Crippen molar-refractivity contribution in [3.63, 3.8) is 0 Å². The number of nitrogens with zero attached hydrogens (tertiary/aromatic N) is 1.